The molecule has 0 aliphatic heterocycles. The Kier molecular flexibility index (Phi) is 4.75. The molecular weight excluding hydrogens is 335 g/mol. The lowest BCUT2D eigenvalue weighted by molar-refractivity contribution is 0.627. The molecule has 4 aromatic rings. The summed E-state index contributed by atoms with van der Waals surface area (Å²) in [5.74, 6) is -0.216. The molecule has 0 atom stereocenters. The summed E-state index contributed by atoms with van der Waals surface area (Å²) in [7, 11) is 0. The van der Waals surface area contributed by atoms with Gasteiger partial charge in [0.1, 0.15) is 5.82 Å². The van der Waals surface area contributed by atoms with Gasteiger partial charge in [0.15, 0.2) is 0 Å². The molecule has 0 radical (unpaired) electrons. The minimum Gasteiger partial charge on any atom is -0.399 e. The van der Waals surface area contributed by atoms with Crippen LogP contribution >= 0.6 is 0 Å². The number of hydrogen-bond acceptors (Lipinski definition) is 2. The molecule has 0 saturated carbocycles. The predicted molar refractivity (Wildman–Crippen MR) is 111 cm³/mol. The highest BCUT2D eigenvalue weighted by molar-refractivity contribution is 5.95. The van der Waals surface area contributed by atoms with Gasteiger partial charge < -0.3 is 11.1 Å². The molecule has 0 aliphatic rings. The van der Waals surface area contributed by atoms with Crippen LogP contribution in [0.5, 0.6) is 0 Å². The summed E-state index contributed by atoms with van der Waals surface area (Å²) in [5.41, 5.74) is 11.3. The third-order valence-corrected chi connectivity index (χ3v) is 4.74. The molecule has 2 nitrogen and oxygen atoms in total. The SMILES string of the molecule is Nc1cccc(Cc2ccc3ccccc3c2NCc2ccc(F)cc2)c1. The van der Waals surface area contributed by atoms with Gasteiger partial charge in [-0.3, -0.25) is 0 Å². The van der Waals surface area contributed by atoms with Gasteiger partial charge in [-0.05, 0) is 52.8 Å². The van der Waals surface area contributed by atoms with Gasteiger partial charge >= 0.3 is 0 Å². The van der Waals surface area contributed by atoms with Crippen LogP contribution in [0.1, 0.15) is 16.7 Å². The average molecular weight is 356 g/mol. The standard InChI is InChI=1S/C24H21FN2/c25-21-12-8-17(9-13-21)16-27-24-20(14-18-4-3-6-22(26)15-18)11-10-19-5-1-2-7-23(19)24/h1-13,15,27H,14,16,26H2. The van der Waals surface area contributed by atoms with Crippen molar-refractivity contribution in [1.82, 2.24) is 0 Å². The van der Waals surface area contributed by atoms with E-state index in [1.54, 1.807) is 0 Å². The molecule has 0 aliphatic carbocycles. The first-order valence-electron chi connectivity index (χ1n) is 9.02. The van der Waals surface area contributed by atoms with Gasteiger partial charge in [0.05, 0.1) is 0 Å². The van der Waals surface area contributed by atoms with E-state index in [9.17, 15) is 4.39 Å². The fourth-order valence-electron chi connectivity index (χ4n) is 3.39. The average Bonchev–Trinajstić information content (AvgIpc) is 2.68. The zero-order valence-electron chi connectivity index (χ0n) is 15.0. The molecule has 0 fully saturated rings. The Balaban J connectivity index is 1.69. The third-order valence-electron chi connectivity index (χ3n) is 4.74. The number of fused-ring (bicyclic) bond motifs is 1. The van der Waals surface area contributed by atoms with Crippen LogP contribution in [0.2, 0.25) is 0 Å². The maximum atomic E-state index is 13.2. The molecule has 4 aromatic carbocycles. The molecule has 0 unspecified atom stereocenters. The minimum atomic E-state index is -0.216. The summed E-state index contributed by atoms with van der Waals surface area (Å²) < 4.78 is 13.2. The van der Waals surface area contributed by atoms with E-state index in [-0.39, 0.29) is 5.82 Å². The van der Waals surface area contributed by atoms with Crippen LogP contribution in [0.15, 0.2) is 84.9 Å². The van der Waals surface area contributed by atoms with Crippen molar-refractivity contribution in [3.8, 4) is 0 Å². The second-order valence-electron chi connectivity index (χ2n) is 6.72. The van der Waals surface area contributed by atoms with Crippen molar-refractivity contribution in [2.45, 2.75) is 13.0 Å². The normalized spacial score (nSPS) is 10.9. The number of anilines is 2. The Morgan fingerprint density at radius 2 is 1.59 bits per heavy atom. The Morgan fingerprint density at radius 1 is 0.778 bits per heavy atom. The van der Waals surface area contributed by atoms with E-state index in [4.69, 9.17) is 5.73 Å². The van der Waals surface area contributed by atoms with E-state index in [0.29, 0.717) is 6.54 Å². The summed E-state index contributed by atoms with van der Waals surface area (Å²) >= 11 is 0. The van der Waals surface area contributed by atoms with Crippen molar-refractivity contribution in [3.05, 3.63) is 107 Å². The van der Waals surface area contributed by atoms with Gasteiger partial charge in [-0.25, -0.2) is 4.39 Å². The van der Waals surface area contributed by atoms with E-state index in [1.165, 1.54) is 34.0 Å². The first-order valence-corrected chi connectivity index (χ1v) is 9.02. The van der Waals surface area contributed by atoms with E-state index in [1.807, 2.05) is 36.4 Å². The quantitative estimate of drug-likeness (QED) is 0.446. The first kappa shape index (κ1) is 17.1. The van der Waals surface area contributed by atoms with Crippen molar-refractivity contribution in [1.29, 1.82) is 0 Å². The molecule has 0 heterocycles. The van der Waals surface area contributed by atoms with Crippen molar-refractivity contribution in [3.63, 3.8) is 0 Å². The third kappa shape index (κ3) is 3.93. The molecule has 0 saturated heterocycles. The fraction of sp³-hybridized carbons (Fsp3) is 0.0833. The Morgan fingerprint density at radius 3 is 2.41 bits per heavy atom. The van der Waals surface area contributed by atoms with Crippen LogP contribution in [0.25, 0.3) is 10.8 Å². The Hall–Kier alpha value is -3.33. The largest absolute Gasteiger partial charge is 0.399 e. The molecule has 4 rings (SSSR count). The van der Waals surface area contributed by atoms with E-state index >= 15 is 0 Å². The molecule has 27 heavy (non-hydrogen) atoms. The number of halogens is 1. The Bertz CT molecular complexity index is 1070. The molecule has 0 aromatic heterocycles. The van der Waals surface area contributed by atoms with Gasteiger partial charge in [-0.1, -0.05) is 60.7 Å². The first-order chi connectivity index (χ1) is 13.2. The van der Waals surface area contributed by atoms with Gasteiger partial charge in [0.2, 0.25) is 0 Å². The van der Waals surface area contributed by atoms with Crippen LogP contribution < -0.4 is 11.1 Å². The number of hydrogen-bond donors (Lipinski definition) is 2. The Labute approximate surface area is 158 Å². The van der Waals surface area contributed by atoms with Gasteiger partial charge in [0.25, 0.3) is 0 Å². The fourth-order valence-corrected chi connectivity index (χ4v) is 3.39. The molecule has 3 N–H and O–H groups in total. The summed E-state index contributed by atoms with van der Waals surface area (Å²) in [6, 6.07) is 27.3. The lowest BCUT2D eigenvalue weighted by atomic mass is 9.98. The van der Waals surface area contributed by atoms with Gasteiger partial charge in [-0.2, -0.15) is 0 Å². The number of benzene rings is 4. The molecule has 134 valence electrons. The highest BCUT2D eigenvalue weighted by Crippen LogP contribution is 2.30. The highest BCUT2D eigenvalue weighted by atomic mass is 19.1. The van der Waals surface area contributed by atoms with E-state index in [0.717, 1.165) is 23.4 Å². The molecule has 0 amide bonds. The minimum absolute atomic E-state index is 0.216. The van der Waals surface area contributed by atoms with Crippen molar-refractivity contribution in [2.24, 2.45) is 0 Å². The molecule has 0 bridgehead atoms. The van der Waals surface area contributed by atoms with E-state index < -0.39 is 0 Å². The number of nitrogens with one attached hydrogen (secondary N) is 1. The molecule has 3 heteroatoms. The summed E-state index contributed by atoms with van der Waals surface area (Å²) in [6.45, 7) is 0.637. The smallest absolute Gasteiger partial charge is 0.123 e. The number of nitrogen functional groups attached to an aromatic ring is 1. The van der Waals surface area contributed by atoms with Crippen LogP contribution in [-0.4, -0.2) is 0 Å². The van der Waals surface area contributed by atoms with Crippen LogP contribution in [0, 0.1) is 5.82 Å². The number of rotatable bonds is 5. The van der Waals surface area contributed by atoms with Gasteiger partial charge in [0, 0.05) is 23.3 Å². The lowest BCUT2D eigenvalue weighted by Gasteiger charge is -2.16. The zero-order chi connectivity index (χ0) is 18.6. The summed E-state index contributed by atoms with van der Waals surface area (Å²) in [6.07, 6.45) is 0.793. The molecular formula is C24H21FN2. The highest BCUT2D eigenvalue weighted by Gasteiger charge is 2.09. The summed E-state index contributed by atoms with van der Waals surface area (Å²) in [4.78, 5) is 0. The topological polar surface area (TPSA) is 38.0 Å². The van der Waals surface area contributed by atoms with Crippen molar-refractivity contribution >= 4 is 22.1 Å². The van der Waals surface area contributed by atoms with Crippen LogP contribution in [-0.2, 0) is 13.0 Å². The second kappa shape index (κ2) is 7.50. The summed E-state index contributed by atoms with van der Waals surface area (Å²) in [5, 5.41) is 5.94. The van der Waals surface area contributed by atoms with Crippen LogP contribution in [0.4, 0.5) is 15.8 Å². The van der Waals surface area contributed by atoms with Crippen LogP contribution in [0.3, 0.4) is 0 Å². The number of nitrogens with two attached hydrogens (primary N) is 1. The van der Waals surface area contributed by atoms with E-state index in [2.05, 4.69) is 41.7 Å². The van der Waals surface area contributed by atoms with Gasteiger partial charge in [-0.15, -0.1) is 0 Å². The maximum Gasteiger partial charge on any atom is 0.123 e. The lowest BCUT2D eigenvalue weighted by Crippen LogP contribution is -2.04. The van der Waals surface area contributed by atoms with Crippen molar-refractivity contribution < 1.29 is 4.39 Å². The molecule has 0 spiro atoms. The zero-order valence-corrected chi connectivity index (χ0v) is 15.0. The second-order valence-corrected chi connectivity index (χ2v) is 6.72. The maximum absolute atomic E-state index is 13.2. The monoisotopic (exact) mass is 356 g/mol. The predicted octanol–water partition coefficient (Wildman–Crippen LogP) is 5.76. The van der Waals surface area contributed by atoms with Crippen molar-refractivity contribution in [2.75, 3.05) is 11.1 Å².